The Morgan fingerprint density at radius 2 is 1.94 bits per heavy atom. The van der Waals surface area contributed by atoms with Crippen molar-refractivity contribution in [2.45, 2.75) is 32.0 Å². The number of halogens is 1. The van der Waals surface area contributed by atoms with Gasteiger partial charge in [0, 0.05) is 12.2 Å². The van der Waals surface area contributed by atoms with E-state index in [1.54, 1.807) is 12.1 Å². The van der Waals surface area contributed by atoms with E-state index in [9.17, 15) is 9.65 Å². The van der Waals surface area contributed by atoms with E-state index >= 15 is 0 Å². The zero-order valence-electron chi connectivity index (χ0n) is 17.4. The maximum absolute atomic E-state index is 13.6. The third kappa shape index (κ3) is 3.95. The normalized spacial score (nSPS) is 17.1. The Labute approximate surface area is 182 Å². The molecular formula is C26H24FN3O. The smallest absolute Gasteiger partial charge is 0.123 e. The van der Waals surface area contributed by atoms with Crippen LogP contribution in [0.3, 0.4) is 0 Å². The highest BCUT2D eigenvalue weighted by Gasteiger charge is 2.41. The molecule has 156 valence electrons. The number of benzene rings is 3. The average Bonchev–Trinajstić information content (AvgIpc) is 3.16. The monoisotopic (exact) mass is 413 g/mol. The predicted octanol–water partition coefficient (Wildman–Crippen LogP) is 5.67. The van der Waals surface area contributed by atoms with E-state index in [4.69, 9.17) is 10.1 Å². The fourth-order valence-electron chi connectivity index (χ4n) is 4.40. The van der Waals surface area contributed by atoms with Crippen LogP contribution in [0, 0.1) is 29.5 Å². The maximum Gasteiger partial charge on any atom is 0.123 e. The highest BCUT2D eigenvalue weighted by atomic mass is 19.1. The van der Waals surface area contributed by atoms with E-state index in [0.717, 1.165) is 34.4 Å². The molecule has 0 saturated heterocycles. The third-order valence-corrected chi connectivity index (χ3v) is 5.96. The zero-order chi connectivity index (χ0) is 21.8. The van der Waals surface area contributed by atoms with E-state index in [0.29, 0.717) is 25.1 Å². The second-order valence-corrected chi connectivity index (χ2v) is 7.82. The number of fused-ring (bicyclic) bond motifs is 1. The molecule has 1 aliphatic rings. The first-order chi connectivity index (χ1) is 15.1. The Kier molecular flexibility index (Phi) is 5.83. The van der Waals surface area contributed by atoms with Crippen LogP contribution in [0.1, 0.15) is 40.7 Å². The topological polar surface area (TPSA) is 60.1 Å². The number of nitrogens with one attached hydrogen (secondary N) is 1. The van der Waals surface area contributed by atoms with Crippen molar-refractivity contribution in [3.63, 3.8) is 0 Å². The van der Waals surface area contributed by atoms with Crippen molar-refractivity contribution < 1.29 is 9.13 Å². The molecule has 3 aromatic carbocycles. The SMILES string of the molecule is Cc1ccccc1N(C=N)CCCC1(c2ccc(F)cc2)OCc2cc(C#N)ccc21. The minimum Gasteiger partial charge on any atom is -0.361 e. The van der Waals surface area contributed by atoms with E-state index in [-0.39, 0.29) is 5.82 Å². The molecule has 4 nitrogen and oxygen atoms in total. The number of nitrogens with zero attached hydrogens (tertiary/aromatic N) is 2. The molecule has 0 amide bonds. The summed E-state index contributed by atoms with van der Waals surface area (Å²) in [5.41, 5.74) is 4.95. The first-order valence-electron chi connectivity index (χ1n) is 10.3. The van der Waals surface area contributed by atoms with Gasteiger partial charge in [-0.1, -0.05) is 36.4 Å². The fourth-order valence-corrected chi connectivity index (χ4v) is 4.40. The molecule has 0 radical (unpaired) electrons. The van der Waals surface area contributed by atoms with Crippen LogP contribution in [0.25, 0.3) is 0 Å². The Morgan fingerprint density at radius 1 is 1.16 bits per heavy atom. The lowest BCUT2D eigenvalue weighted by molar-refractivity contribution is -0.0125. The molecule has 3 aromatic rings. The summed E-state index contributed by atoms with van der Waals surface area (Å²) < 4.78 is 20.0. The molecule has 0 fully saturated rings. The minimum atomic E-state index is -0.698. The van der Waals surface area contributed by atoms with Crippen LogP contribution in [-0.4, -0.2) is 12.9 Å². The molecule has 1 aliphatic heterocycles. The molecule has 1 atom stereocenters. The summed E-state index contributed by atoms with van der Waals surface area (Å²) >= 11 is 0. The van der Waals surface area contributed by atoms with Gasteiger partial charge in [-0.2, -0.15) is 5.26 Å². The van der Waals surface area contributed by atoms with Crippen molar-refractivity contribution in [1.82, 2.24) is 0 Å². The highest BCUT2D eigenvalue weighted by Crippen LogP contribution is 2.45. The second-order valence-electron chi connectivity index (χ2n) is 7.82. The highest BCUT2D eigenvalue weighted by molar-refractivity contribution is 5.78. The maximum atomic E-state index is 13.6. The Bertz CT molecular complexity index is 1140. The molecule has 0 bridgehead atoms. The van der Waals surface area contributed by atoms with Gasteiger partial charge in [0.05, 0.1) is 24.6 Å². The number of aryl methyl sites for hydroxylation is 1. The summed E-state index contributed by atoms with van der Waals surface area (Å²) in [6, 6.07) is 22.3. The molecular weight excluding hydrogens is 389 g/mol. The van der Waals surface area contributed by atoms with Crippen molar-refractivity contribution in [2.75, 3.05) is 11.4 Å². The van der Waals surface area contributed by atoms with Crippen LogP contribution in [0.5, 0.6) is 0 Å². The molecule has 1 heterocycles. The Morgan fingerprint density at radius 3 is 2.65 bits per heavy atom. The van der Waals surface area contributed by atoms with Gasteiger partial charge in [0.25, 0.3) is 0 Å². The van der Waals surface area contributed by atoms with E-state index in [2.05, 4.69) is 6.07 Å². The van der Waals surface area contributed by atoms with Crippen molar-refractivity contribution >= 4 is 12.0 Å². The van der Waals surface area contributed by atoms with Crippen LogP contribution in [-0.2, 0) is 16.9 Å². The number of anilines is 1. The average molecular weight is 413 g/mol. The van der Waals surface area contributed by atoms with Gasteiger partial charge < -0.3 is 9.64 Å². The number of hydrogen-bond acceptors (Lipinski definition) is 3. The van der Waals surface area contributed by atoms with E-state index in [1.807, 2.05) is 54.3 Å². The lowest BCUT2D eigenvalue weighted by Crippen LogP contribution is -2.30. The summed E-state index contributed by atoms with van der Waals surface area (Å²) in [5, 5.41) is 17.1. The van der Waals surface area contributed by atoms with Crippen LogP contribution < -0.4 is 4.90 Å². The van der Waals surface area contributed by atoms with Crippen LogP contribution in [0.2, 0.25) is 0 Å². The lowest BCUT2D eigenvalue weighted by atomic mass is 9.81. The zero-order valence-corrected chi connectivity index (χ0v) is 17.4. The van der Waals surface area contributed by atoms with E-state index in [1.165, 1.54) is 18.5 Å². The first-order valence-corrected chi connectivity index (χ1v) is 10.3. The van der Waals surface area contributed by atoms with Crippen LogP contribution in [0.15, 0.2) is 66.7 Å². The minimum absolute atomic E-state index is 0.286. The predicted molar refractivity (Wildman–Crippen MR) is 120 cm³/mol. The number of hydrogen-bond donors (Lipinski definition) is 1. The Balaban J connectivity index is 1.63. The molecule has 5 heteroatoms. The summed E-state index contributed by atoms with van der Waals surface area (Å²) in [7, 11) is 0. The van der Waals surface area contributed by atoms with Crippen molar-refractivity contribution in [2.24, 2.45) is 0 Å². The summed E-state index contributed by atoms with van der Waals surface area (Å²) in [6.45, 7) is 3.11. The molecule has 1 N–H and O–H groups in total. The summed E-state index contributed by atoms with van der Waals surface area (Å²) in [4.78, 5) is 1.93. The number of para-hydroxylation sites is 1. The summed E-state index contributed by atoms with van der Waals surface area (Å²) in [6.07, 6.45) is 2.80. The largest absolute Gasteiger partial charge is 0.361 e. The number of nitriles is 1. The van der Waals surface area contributed by atoms with Gasteiger partial charge >= 0.3 is 0 Å². The van der Waals surface area contributed by atoms with Gasteiger partial charge in [-0.3, -0.25) is 5.41 Å². The summed E-state index contributed by atoms with van der Waals surface area (Å²) in [5.74, 6) is -0.286. The van der Waals surface area contributed by atoms with Gasteiger partial charge in [-0.25, -0.2) is 4.39 Å². The lowest BCUT2D eigenvalue weighted by Gasteiger charge is -2.32. The standard InChI is InChI=1S/C26H24FN3O/c1-19-5-2-3-6-25(19)30(18-29)14-4-13-26(22-8-10-23(27)11-9-22)24-12-7-20(16-28)15-21(24)17-31-26/h2-3,5-12,15,18,29H,4,13-14,17H2,1H3. The number of rotatable bonds is 7. The first kappa shape index (κ1) is 20.8. The van der Waals surface area contributed by atoms with Gasteiger partial charge in [0.1, 0.15) is 11.4 Å². The third-order valence-electron chi connectivity index (χ3n) is 5.96. The molecule has 31 heavy (non-hydrogen) atoms. The molecule has 0 spiro atoms. The molecule has 0 aromatic heterocycles. The van der Waals surface area contributed by atoms with Crippen LogP contribution in [0.4, 0.5) is 10.1 Å². The van der Waals surface area contributed by atoms with Gasteiger partial charge in [0.15, 0.2) is 0 Å². The molecule has 0 saturated carbocycles. The van der Waals surface area contributed by atoms with Crippen LogP contribution >= 0.6 is 0 Å². The molecule has 4 rings (SSSR count). The molecule has 0 aliphatic carbocycles. The van der Waals surface area contributed by atoms with Crippen molar-refractivity contribution in [3.05, 3.63) is 100 Å². The van der Waals surface area contributed by atoms with Gasteiger partial charge in [-0.15, -0.1) is 0 Å². The molecule has 1 unspecified atom stereocenters. The Hall–Kier alpha value is -3.49. The van der Waals surface area contributed by atoms with E-state index < -0.39 is 5.60 Å². The van der Waals surface area contributed by atoms with Gasteiger partial charge in [-0.05, 0) is 72.4 Å². The quantitative estimate of drug-likeness (QED) is 0.401. The van der Waals surface area contributed by atoms with Crippen molar-refractivity contribution in [3.8, 4) is 6.07 Å². The van der Waals surface area contributed by atoms with Gasteiger partial charge in [0.2, 0.25) is 0 Å². The number of ether oxygens (including phenoxy) is 1. The fraction of sp³-hybridized carbons (Fsp3) is 0.231. The van der Waals surface area contributed by atoms with Crippen molar-refractivity contribution in [1.29, 1.82) is 10.7 Å². The second kappa shape index (κ2) is 8.71.